The van der Waals surface area contributed by atoms with E-state index in [1.165, 1.54) is 11.1 Å². The molecule has 0 spiro atoms. The lowest BCUT2D eigenvalue weighted by Gasteiger charge is -2.14. The van der Waals surface area contributed by atoms with Crippen molar-refractivity contribution in [1.29, 1.82) is 0 Å². The van der Waals surface area contributed by atoms with E-state index >= 15 is 0 Å². The number of benzene rings is 1. The maximum absolute atomic E-state index is 5.47. The molecule has 0 saturated heterocycles. The number of rotatable bonds is 2. The minimum Gasteiger partial charge on any atom is -0.304 e. The molecule has 5 N–H and O–H groups in total. The molecule has 0 aliphatic heterocycles. The molecule has 0 bridgehead atoms. The second kappa shape index (κ2) is 3.46. The summed E-state index contributed by atoms with van der Waals surface area (Å²) in [5.74, 6) is 0. The van der Waals surface area contributed by atoms with Crippen molar-refractivity contribution in [2.45, 2.75) is 25.2 Å². The van der Waals surface area contributed by atoms with Gasteiger partial charge in [0.25, 0.3) is 0 Å². The van der Waals surface area contributed by atoms with Gasteiger partial charge < -0.3 is 11.5 Å². The number of nitrogens with two attached hydrogens (primary N) is 2. The van der Waals surface area contributed by atoms with Crippen LogP contribution in [0.5, 0.6) is 0 Å². The summed E-state index contributed by atoms with van der Waals surface area (Å²) in [6.07, 6.45) is 1.68. The normalized spacial score (nSPS) is 16.5. The van der Waals surface area contributed by atoms with Crippen LogP contribution in [0.2, 0.25) is 0 Å². The Balaban J connectivity index is 2.05. The first kappa shape index (κ1) is 8.69. The fraction of sp³-hybridized carbons (Fsp3) is 0.400. The molecule has 0 radical (unpaired) electrons. The highest BCUT2D eigenvalue weighted by atomic mass is 15.2. The highest BCUT2D eigenvalue weighted by Crippen LogP contribution is 2.21. The molecule has 0 heterocycles. The van der Waals surface area contributed by atoms with E-state index in [0.29, 0.717) is 6.04 Å². The van der Waals surface area contributed by atoms with Gasteiger partial charge in [-0.05, 0) is 24.0 Å². The van der Waals surface area contributed by atoms with E-state index in [1.807, 2.05) is 0 Å². The van der Waals surface area contributed by atoms with Crippen molar-refractivity contribution < 1.29 is 0 Å². The monoisotopic (exact) mass is 177 g/mol. The van der Waals surface area contributed by atoms with Gasteiger partial charge in [0.2, 0.25) is 0 Å². The maximum atomic E-state index is 5.47. The molecular weight excluding hydrogens is 162 g/mol. The Bertz CT molecular complexity index is 271. The van der Waals surface area contributed by atoms with Crippen molar-refractivity contribution in [1.82, 2.24) is 5.32 Å². The van der Waals surface area contributed by atoms with E-state index in [0.717, 1.165) is 12.8 Å². The third-order valence-electron chi connectivity index (χ3n) is 2.48. The first-order valence-electron chi connectivity index (χ1n) is 4.59. The van der Waals surface area contributed by atoms with Gasteiger partial charge in [-0.15, -0.1) is 0 Å². The Labute approximate surface area is 78.1 Å². The molecule has 0 saturated carbocycles. The standard InChI is InChI=1S/C10H15N3/c11-10(12)13-9-5-7-3-1-2-4-8(7)6-9/h1-4,9-10,13H,5-6,11-12H2. The second-order valence-electron chi connectivity index (χ2n) is 3.57. The minimum atomic E-state index is -0.403. The van der Waals surface area contributed by atoms with E-state index in [9.17, 15) is 0 Å². The fourth-order valence-corrected chi connectivity index (χ4v) is 1.95. The summed E-state index contributed by atoms with van der Waals surface area (Å²) in [7, 11) is 0. The Hall–Kier alpha value is -0.900. The smallest absolute Gasteiger partial charge is 0.107 e. The first-order valence-corrected chi connectivity index (χ1v) is 4.59. The second-order valence-corrected chi connectivity index (χ2v) is 3.57. The number of fused-ring (bicyclic) bond motifs is 1. The van der Waals surface area contributed by atoms with Crippen molar-refractivity contribution in [2.75, 3.05) is 0 Å². The highest BCUT2D eigenvalue weighted by Gasteiger charge is 2.20. The van der Waals surface area contributed by atoms with Crippen LogP contribution in [0.3, 0.4) is 0 Å². The average Bonchev–Trinajstić information content (AvgIpc) is 2.44. The fourth-order valence-electron chi connectivity index (χ4n) is 1.95. The Kier molecular flexibility index (Phi) is 2.31. The third-order valence-corrected chi connectivity index (χ3v) is 2.48. The van der Waals surface area contributed by atoms with Crippen LogP contribution >= 0.6 is 0 Å². The van der Waals surface area contributed by atoms with E-state index in [-0.39, 0.29) is 0 Å². The largest absolute Gasteiger partial charge is 0.304 e. The van der Waals surface area contributed by atoms with Gasteiger partial charge in [-0.2, -0.15) is 0 Å². The molecule has 0 fully saturated rings. The molecule has 3 nitrogen and oxygen atoms in total. The predicted molar refractivity (Wildman–Crippen MR) is 52.9 cm³/mol. The summed E-state index contributed by atoms with van der Waals surface area (Å²) in [5, 5.41) is 3.14. The molecule has 0 atom stereocenters. The summed E-state index contributed by atoms with van der Waals surface area (Å²) in [5.41, 5.74) is 13.8. The molecule has 13 heavy (non-hydrogen) atoms. The van der Waals surface area contributed by atoms with Crippen molar-refractivity contribution in [3.8, 4) is 0 Å². The summed E-state index contributed by atoms with van der Waals surface area (Å²) in [6, 6.07) is 8.89. The lowest BCUT2D eigenvalue weighted by molar-refractivity contribution is 0.452. The van der Waals surface area contributed by atoms with E-state index in [4.69, 9.17) is 11.5 Å². The van der Waals surface area contributed by atoms with E-state index < -0.39 is 6.29 Å². The molecule has 2 rings (SSSR count). The molecule has 1 aromatic carbocycles. The molecule has 70 valence electrons. The maximum Gasteiger partial charge on any atom is 0.107 e. The summed E-state index contributed by atoms with van der Waals surface area (Å²) in [4.78, 5) is 0. The van der Waals surface area contributed by atoms with Gasteiger partial charge in [0.05, 0.1) is 0 Å². The van der Waals surface area contributed by atoms with Gasteiger partial charge >= 0.3 is 0 Å². The van der Waals surface area contributed by atoms with Gasteiger partial charge in [-0.1, -0.05) is 24.3 Å². The van der Waals surface area contributed by atoms with E-state index in [1.54, 1.807) is 0 Å². The zero-order chi connectivity index (χ0) is 9.26. The number of hydrogen-bond acceptors (Lipinski definition) is 3. The third kappa shape index (κ3) is 1.88. The zero-order valence-corrected chi connectivity index (χ0v) is 7.53. The molecule has 1 aliphatic rings. The molecule has 0 unspecified atom stereocenters. The minimum absolute atomic E-state index is 0.403. The lowest BCUT2D eigenvalue weighted by atomic mass is 10.1. The van der Waals surface area contributed by atoms with Crippen LogP contribution in [0, 0.1) is 0 Å². The van der Waals surface area contributed by atoms with Crippen LogP contribution in [-0.2, 0) is 12.8 Å². The van der Waals surface area contributed by atoms with Crippen molar-refractivity contribution in [3.63, 3.8) is 0 Å². The summed E-state index contributed by atoms with van der Waals surface area (Å²) >= 11 is 0. The number of nitrogens with one attached hydrogen (secondary N) is 1. The van der Waals surface area contributed by atoms with Crippen LogP contribution in [0.1, 0.15) is 11.1 Å². The van der Waals surface area contributed by atoms with Crippen LogP contribution in [0.4, 0.5) is 0 Å². The summed E-state index contributed by atoms with van der Waals surface area (Å²) < 4.78 is 0. The molecule has 3 heteroatoms. The van der Waals surface area contributed by atoms with Gasteiger partial charge in [0, 0.05) is 6.04 Å². The quantitative estimate of drug-likeness (QED) is 0.555. The van der Waals surface area contributed by atoms with Gasteiger partial charge in [0.1, 0.15) is 6.29 Å². The topological polar surface area (TPSA) is 64.1 Å². The van der Waals surface area contributed by atoms with Crippen LogP contribution in [-0.4, -0.2) is 12.3 Å². The van der Waals surface area contributed by atoms with Crippen LogP contribution in [0.25, 0.3) is 0 Å². The summed E-state index contributed by atoms with van der Waals surface area (Å²) in [6.45, 7) is 0. The zero-order valence-electron chi connectivity index (χ0n) is 7.53. The predicted octanol–water partition coefficient (Wildman–Crippen LogP) is -0.0556. The molecule has 0 aromatic heterocycles. The van der Waals surface area contributed by atoms with Gasteiger partial charge in [-0.3, -0.25) is 5.32 Å². The highest BCUT2D eigenvalue weighted by molar-refractivity contribution is 5.33. The Morgan fingerprint density at radius 2 is 1.69 bits per heavy atom. The molecule has 1 aliphatic carbocycles. The van der Waals surface area contributed by atoms with Gasteiger partial charge in [-0.25, -0.2) is 0 Å². The molecule has 0 amide bonds. The van der Waals surface area contributed by atoms with Crippen molar-refractivity contribution in [2.24, 2.45) is 11.5 Å². The van der Waals surface area contributed by atoms with Crippen molar-refractivity contribution >= 4 is 0 Å². The number of hydrogen-bond donors (Lipinski definition) is 3. The SMILES string of the molecule is NC(N)NC1Cc2ccccc2C1. The lowest BCUT2D eigenvalue weighted by Crippen LogP contribution is -2.50. The first-order chi connectivity index (χ1) is 6.25. The van der Waals surface area contributed by atoms with Crippen molar-refractivity contribution in [3.05, 3.63) is 35.4 Å². The van der Waals surface area contributed by atoms with Crippen LogP contribution < -0.4 is 16.8 Å². The van der Waals surface area contributed by atoms with Crippen LogP contribution in [0.15, 0.2) is 24.3 Å². The van der Waals surface area contributed by atoms with E-state index in [2.05, 4.69) is 29.6 Å². The Morgan fingerprint density at radius 1 is 1.15 bits per heavy atom. The average molecular weight is 177 g/mol. The van der Waals surface area contributed by atoms with Gasteiger partial charge in [0.15, 0.2) is 0 Å². The Morgan fingerprint density at radius 3 is 2.15 bits per heavy atom. The molecule has 1 aromatic rings. The molecular formula is C10H15N3.